The number of ether oxygens (including phenoxy) is 1. The first-order valence-corrected chi connectivity index (χ1v) is 6.09. The van der Waals surface area contributed by atoms with E-state index >= 15 is 0 Å². The predicted octanol–water partition coefficient (Wildman–Crippen LogP) is -0.196. The van der Waals surface area contributed by atoms with Crippen molar-refractivity contribution in [3.8, 4) is 5.75 Å². The van der Waals surface area contributed by atoms with Crippen LogP contribution in [0.5, 0.6) is 5.75 Å². The molecule has 1 amide bonds. The fraction of sp³-hybridized carbons (Fsp3) is 0.250. The lowest BCUT2D eigenvalue weighted by Gasteiger charge is -2.04. The van der Waals surface area contributed by atoms with Gasteiger partial charge in [-0.25, -0.2) is 5.43 Å². The number of aromatic nitrogens is 4. The molecule has 9 heteroatoms. The van der Waals surface area contributed by atoms with Crippen LogP contribution in [0.3, 0.4) is 0 Å². The van der Waals surface area contributed by atoms with E-state index in [-0.39, 0.29) is 18.4 Å². The molecule has 0 atom stereocenters. The number of hydrazone groups is 1. The fourth-order valence-corrected chi connectivity index (χ4v) is 1.53. The van der Waals surface area contributed by atoms with Crippen molar-refractivity contribution in [2.75, 3.05) is 12.8 Å². The number of nitrogen functional groups attached to an aromatic ring is 1. The smallest absolute Gasteiger partial charge is 0.263 e. The van der Waals surface area contributed by atoms with Gasteiger partial charge in [0.15, 0.2) is 0 Å². The zero-order valence-electron chi connectivity index (χ0n) is 11.6. The minimum absolute atomic E-state index is 0.0146. The standard InChI is InChI=1S/C12H15N7O2/c1-8(9-3-5-10(21-2)6-4-9)14-15-11(20)7-19-17-12(13)16-18-19/h3-6H,7H2,1-2H3,(H2,13,17)(H,15,20)/b14-8-. The van der Waals surface area contributed by atoms with Crippen LogP contribution in [0.25, 0.3) is 0 Å². The van der Waals surface area contributed by atoms with Gasteiger partial charge in [0.25, 0.3) is 11.9 Å². The molecule has 9 nitrogen and oxygen atoms in total. The molecule has 1 aromatic heterocycles. The molecule has 110 valence electrons. The van der Waals surface area contributed by atoms with E-state index in [1.54, 1.807) is 14.0 Å². The Morgan fingerprint density at radius 2 is 2.14 bits per heavy atom. The van der Waals surface area contributed by atoms with Crippen LogP contribution in [0.15, 0.2) is 29.4 Å². The molecule has 0 fully saturated rings. The third-order valence-electron chi connectivity index (χ3n) is 2.61. The van der Waals surface area contributed by atoms with Crippen molar-refractivity contribution in [2.45, 2.75) is 13.5 Å². The van der Waals surface area contributed by atoms with E-state index in [1.807, 2.05) is 24.3 Å². The van der Waals surface area contributed by atoms with Gasteiger partial charge in [0, 0.05) is 0 Å². The molecule has 0 spiro atoms. The van der Waals surface area contributed by atoms with Crippen LogP contribution in [0, 0.1) is 0 Å². The number of rotatable bonds is 5. The summed E-state index contributed by atoms with van der Waals surface area (Å²) in [7, 11) is 1.60. The van der Waals surface area contributed by atoms with Crippen molar-refractivity contribution < 1.29 is 9.53 Å². The lowest BCUT2D eigenvalue weighted by molar-refractivity contribution is -0.122. The number of tetrazole rings is 1. The average molecular weight is 289 g/mol. The van der Waals surface area contributed by atoms with Crippen molar-refractivity contribution in [2.24, 2.45) is 5.10 Å². The minimum atomic E-state index is -0.375. The Kier molecular flexibility index (Phi) is 4.44. The highest BCUT2D eigenvalue weighted by atomic mass is 16.5. The second-order valence-corrected chi connectivity index (χ2v) is 4.14. The highest BCUT2D eigenvalue weighted by molar-refractivity contribution is 5.99. The number of carbonyl (C=O) groups is 1. The van der Waals surface area contributed by atoms with Crippen molar-refractivity contribution in [1.29, 1.82) is 0 Å². The Hall–Kier alpha value is -2.97. The maximum absolute atomic E-state index is 11.7. The van der Waals surface area contributed by atoms with Gasteiger partial charge in [-0.3, -0.25) is 4.79 Å². The topological polar surface area (TPSA) is 120 Å². The molecule has 0 aliphatic carbocycles. The van der Waals surface area contributed by atoms with E-state index in [2.05, 4.69) is 25.9 Å². The fourth-order valence-electron chi connectivity index (χ4n) is 1.53. The van der Waals surface area contributed by atoms with Crippen molar-refractivity contribution in [3.05, 3.63) is 29.8 Å². The van der Waals surface area contributed by atoms with Gasteiger partial charge in [0.1, 0.15) is 12.3 Å². The number of amides is 1. The Labute approximate surface area is 120 Å². The molecule has 21 heavy (non-hydrogen) atoms. The first-order chi connectivity index (χ1) is 10.1. The van der Waals surface area contributed by atoms with Gasteiger partial charge in [-0.15, -0.1) is 5.10 Å². The van der Waals surface area contributed by atoms with Gasteiger partial charge in [0.2, 0.25) is 0 Å². The number of anilines is 1. The molecular formula is C12H15N7O2. The Bertz CT molecular complexity index is 648. The summed E-state index contributed by atoms with van der Waals surface area (Å²) in [4.78, 5) is 12.7. The average Bonchev–Trinajstić information content (AvgIpc) is 2.90. The lowest BCUT2D eigenvalue weighted by atomic mass is 10.1. The number of benzene rings is 1. The second-order valence-electron chi connectivity index (χ2n) is 4.14. The van der Waals surface area contributed by atoms with Crippen molar-refractivity contribution in [1.82, 2.24) is 25.6 Å². The summed E-state index contributed by atoms with van der Waals surface area (Å²) < 4.78 is 5.07. The maximum atomic E-state index is 11.7. The minimum Gasteiger partial charge on any atom is -0.497 e. The molecule has 0 aliphatic heterocycles. The van der Waals surface area contributed by atoms with Gasteiger partial charge >= 0.3 is 0 Å². The molecular weight excluding hydrogens is 274 g/mol. The molecule has 0 radical (unpaired) electrons. The van der Waals surface area contributed by atoms with E-state index in [0.29, 0.717) is 5.71 Å². The third-order valence-corrected chi connectivity index (χ3v) is 2.61. The number of nitrogens with zero attached hydrogens (tertiary/aromatic N) is 5. The summed E-state index contributed by atoms with van der Waals surface area (Å²) in [6.45, 7) is 1.68. The summed E-state index contributed by atoms with van der Waals surface area (Å²) in [6, 6.07) is 7.34. The first kappa shape index (κ1) is 14.4. The molecule has 2 aromatic rings. The predicted molar refractivity (Wildman–Crippen MR) is 75.6 cm³/mol. The summed E-state index contributed by atoms with van der Waals surface area (Å²) in [5.74, 6) is 0.395. The van der Waals surface area contributed by atoms with Gasteiger partial charge in [-0.05, 0) is 42.0 Å². The molecule has 2 rings (SSSR count). The van der Waals surface area contributed by atoms with Gasteiger partial charge < -0.3 is 10.5 Å². The van der Waals surface area contributed by atoms with Crippen LogP contribution in [-0.2, 0) is 11.3 Å². The Morgan fingerprint density at radius 1 is 1.43 bits per heavy atom. The molecule has 0 saturated heterocycles. The van der Waals surface area contributed by atoms with Crippen LogP contribution in [0.2, 0.25) is 0 Å². The number of hydrogen-bond acceptors (Lipinski definition) is 7. The number of carbonyl (C=O) groups excluding carboxylic acids is 1. The molecule has 3 N–H and O–H groups in total. The van der Waals surface area contributed by atoms with Crippen molar-refractivity contribution >= 4 is 17.6 Å². The quantitative estimate of drug-likeness (QED) is 0.581. The number of nitrogens with one attached hydrogen (secondary N) is 1. The summed E-state index contributed by atoms with van der Waals surface area (Å²) in [5, 5.41) is 14.8. The van der Waals surface area contributed by atoms with Crippen LogP contribution in [0.4, 0.5) is 5.95 Å². The monoisotopic (exact) mass is 289 g/mol. The maximum Gasteiger partial charge on any atom is 0.263 e. The summed E-state index contributed by atoms with van der Waals surface area (Å²) in [6.07, 6.45) is 0. The van der Waals surface area contributed by atoms with E-state index < -0.39 is 0 Å². The molecule has 1 aromatic carbocycles. The first-order valence-electron chi connectivity index (χ1n) is 6.09. The van der Waals surface area contributed by atoms with E-state index in [0.717, 1.165) is 16.1 Å². The highest BCUT2D eigenvalue weighted by Crippen LogP contribution is 2.11. The van der Waals surface area contributed by atoms with E-state index in [4.69, 9.17) is 10.5 Å². The third kappa shape index (κ3) is 4.00. The largest absolute Gasteiger partial charge is 0.497 e. The van der Waals surface area contributed by atoms with Crippen LogP contribution >= 0.6 is 0 Å². The second kappa shape index (κ2) is 6.46. The summed E-state index contributed by atoms with van der Waals surface area (Å²) >= 11 is 0. The van der Waals surface area contributed by atoms with Gasteiger partial charge in [0.05, 0.1) is 12.8 Å². The van der Waals surface area contributed by atoms with E-state index in [1.165, 1.54) is 0 Å². The van der Waals surface area contributed by atoms with E-state index in [9.17, 15) is 4.79 Å². The van der Waals surface area contributed by atoms with Gasteiger partial charge in [-0.1, -0.05) is 5.10 Å². The Balaban J connectivity index is 1.94. The SMILES string of the molecule is COc1ccc(/C(C)=N\NC(=O)Cn2nnc(N)n2)cc1. The Morgan fingerprint density at radius 3 is 2.71 bits per heavy atom. The molecule has 0 unspecified atom stereocenters. The lowest BCUT2D eigenvalue weighted by Crippen LogP contribution is -2.25. The molecule has 0 aliphatic rings. The zero-order chi connectivity index (χ0) is 15.2. The summed E-state index contributed by atoms with van der Waals surface area (Å²) in [5.41, 5.74) is 9.25. The van der Waals surface area contributed by atoms with Gasteiger partial charge in [-0.2, -0.15) is 9.90 Å². The zero-order valence-corrected chi connectivity index (χ0v) is 11.6. The van der Waals surface area contributed by atoms with Crippen LogP contribution in [-0.4, -0.2) is 38.9 Å². The van der Waals surface area contributed by atoms with Crippen molar-refractivity contribution in [3.63, 3.8) is 0 Å². The molecule has 0 bridgehead atoms. The highest BCUT2D eigenvalue weighted by Gasteiger charge is 2.05. The number of hydrogen-bond donors (Lipinski definition) is 2. The molecule has 0 saturated carbocycles. The number of methoxy groups -OCH3 is 1. The number of nitrogens with two attached hydrogens (primary N) is 1. The van der Waals surface area contributed by atoms with Crippen LogP contribution < -0.4 is 15.9 Å². The molecule has 1 heterocycles. The van der Waals surface area contributed by atoms with Crippen LogP contribution in [0.1, 0.15) is 12.5 Å². The normalized spacial score (nSPS) is 11.2.